The van der Waals surface area contributed by atoms with Gasteiger partial charge in [0.05, 0.1) is 11.4 Å². The molecule has 146 valence electrons. The highest BCUT2D eigenvalue weighted by Crippen LogP contribution is 2.36. The molecule has 2 aromatic carbocycles. The number of carbonyl (C=O) groups excluding carboxylic acids is 1. The van der Waals surface area contributed by atoms with Crippen molar-refractivity contribution in [3.63, 3.8) is 0 Å². The number of aryl methyl sites for hydroxylation is 1. The summed E-state index contributed by atoms with van der Waals surface area (Å²) in [5, 5.41) is 4.90. The number of carbonyl (C=O) groups is 1. The zero-order valence-corrected chi connectivity index (χ0v) is 17.3. The van der Waals surface area contributed by atoms with E-state index in [1.54, 1.807) is 23.5 Å². The lowest BCUT2D eigenvalue weighted by atomic mass is 10.1. The second kappa shape index (κ2) is 8.74. The topological polar surface area (TPSA) is 92.4 Å². The molecule has 1 atom stereocenters. The van der Waals surface area contributed by atoms with Crippen LogP contribution in [0, 0.1) is 0 Å². The maximum Gasteiger partial charge on any atom is 0.255 e. The van der Waals surface area contributed by atoms with Gasteiger partial charge in [0.15, 0.2) is 7.37 Å². The Labute approximate surface area is 168 Å². The zero-order chi connectivity index (χ0) is 20.1. The van der Waals surface area contributed by atoms with Gasteiger partial charge >= 0.3 is 0 Å². The second-order valence-corrected chi connectivity index (χ2v) is 10.3. The molecule has 28 heavy (non-hydrogen) atoms. The summed E-state index contributed by atoms with van der Waals surface area (Å²) in [6, 6.07) is 16.9. The largest absolute Gasteiger partial charge is 0.397 e. The summed E-state index contributed by atoms with van der Waals surface area (Å²) in [5.41, 5.74) is 9.62. The highest BCUT2D eigenvalue weighted by atomic mass is 32.1. The van der Waals surface area contributed by atoms with E-state index < -0.39 is 7.37 Å². The molecule has 5 nitrogen and oxygen atoms in total. The standard InChI is InChI=1S/C21H23N2O3PS/c1-27(25,26)11-3-6-15-5-2-7-17(13-15)21(24)23-19-14-16(9-10-18(19)22)20-8-4-12-28-20/h2,4-5,7-10,12-14H,3,6,11,22H2,1H3,(H,23,24)(H,25,26). The lowest BCUT2D eigenvalue weighted by Gasteiger charge is -2.11. The third kappa shape index (κ3) is 5.55. The molecule has 0 aliphatic carbocycles. The van der Waals surface area contributed by atoms with Crippen molar-refractivity contribution in [2.75, 3.05) is 23.9 Å². The molecule has 3 rings (SSSR count). The molecule has 0 aliphatic heterocycles. The van der Waals surface area contributed by atoms with Crippen molar-refractivity contribution in [1.29, 1.82) is 0 Å². The Bertz CT molecular complexity index is 1010. The van der Waals surface area contributed by atoms with Crippen LogP contribution in [0.1, 0.15) is 22.3 Å². The van der Waals surface area contributed by atoms with E-state index in [1.807, 2.05) is 47.8 Å². The van der Waals surface area contributed by atoms with Crippen molar-refractivity contribution in [2.24, 2.45) is 0 Å². The summed E-state index contributed by atoms with van der Waals surface area (Å²) in [5.74, 6) is -0.236. The van der Waals surface area contributed by atoms with E-state index in [2.05, 4.69) is 5.32 Å². The van der Waals surface area contributed by atoms with Gasteiger partial charge in [-0.15, -0.1) is 11.3 Å². The Morgan fingerprint density at radius 1 is 1.18 bits per heavy atom. The van der Waals surface area contributed by atoms with Crippen molar-refractivity contribution in [3.8, 4) is 10.4 Å². The Kier molecular flexibility index (Phi) is 6.35. The van der Waals surface area contributed by atoms with Crippen LogP contribution in [-0.4, -0.2) is 23.6 Å². The number of nitrogen functional groups attached to an aromatic ring is 1. The van der Waals surface area contributed by atoms with E-state index >= 15 is 0 Å². The minimum Gasteiger partial charge on any atom is -0.397 e. The van der Waals surface area contributed by atoms with Gasteiger partial charge in [-0.2, -0.15) is 0 Å². The minimum atomic E-state index is -3.00. The molecule has 0 radical (unpaired) electrons. The quantitative estimate of drug-likeness (QED) is 0.371. The van der Waals surface area contributed by atoms with Crippen molar-refractivity contribution >= 4 is 36.0 Å². The van der Waals surface area contributed by atoms with Crippen LogP contribution in [0.25, 0.3) is 10.4 Å². The zero-order valence-electron chi connectivity index (χ0n) is 15.6. The van der Waals surface area contributed by atoms with Crippen molar-refractivity contribution in [1.82, 2.24) is 0 Å². The van der Waals surface area contributed by atoms with Gasteiger partial charge in [-0.05, 0) is 59.7 Å². The highest BCUT2D eigenvalue weighted by molar-refractivity contribution is 7.57. The van der Waals surface area contributed by atoms with E-state index in [9.17, 15) is 14.3 Å². The maximum absolute atomic E-state index is 12.7. The number of amides is 1. The van der Waals surface area contributed by atoms with E-state index in [0.29, 0.717) is 29.8 Å². The van der Waals surface area contributed by atoms with Gasteiger partial charge < -0.3 is 15.9 Å². The summed E-state index contributed by atoms with van der Waals surface area (Å²) in [6.07, 6.45) is 1.52. The summed E-state index contributed by atoms with van der Waals surface area (Å²) < 4.78 is 11.4. The lowest BCUT2D eigenvalue weighted by molar-refractivity contribution is 0.102. The van der Waals surface area contributed by atoms with E-state index in [1.165, 1.54) is 6.66 Å². The third-order valence-electron chi connectivity index (χ3n) is 4.33. The number of nitrogens with one attached hydrogen (secondary N) is 1. The number of anilines is 2. The van der Waals surface area contributed by atoms with Crippen LogP contribution in [0.3, 0.4) is 0 Å². The monoisotopic (exact) mass is 414 g/mol. The van der Waals surface area contributed by atoms with Gasteiger partial charge in [0.1, 0.15) is 0 Å². The van der Waals surface area contributed by atoms with Crippen LogP contribution in [0.5, 0.6) is 0 Å². The molecule has 1 aromatic heterocycles. The van der Waals surface area contributed by atoms with Crippen molar-refractivity contribution < 1.29 is 14.3 Å². The predicted molar refractivity (Wildman–Crippen MR) is 117 cm³/mol. The summed E-state index contributed by atoms with van der Waals surface area (Å²) >= 11 is 1.63. The molecule has 1 heterocycles. The maximum atomic E-state index is 12.7. The Hall–Kier alpha value is -2.40. The van der Waals surface area contributed by atoms with Crippen molar-refractivity contribution in [3.05, 3.63) is 71.1 Å². The van der Waals surface area contributed by atoms with E-state index in [-0.39, 0.29) is 12.1 Å². The fraction of sp³-hybridized carbons (Fsp3) is 0.190. The minimum absolute atomic E-state index is 0.236. The average Bonchev–Trinajstić information content (AvgIpc) is 3.17. The summed E-state index contributed by atoms with van der Waals surface area (Å²) in [6.45, 7) is 1.37. The molecule has 0 bridgehead atoms. The first-order valence-electron chi connectivity index (χ1n) is 8.95. The Morgan fingerprint density at radius 3 is 2.71 bits per heavy atom. The molecular formula is C21H23N2O3PS. The molecule has 4 N–H and O–H groups in total. The molecule has 1 unspecified atom stereocenters. The normalized spacial score (nSPS) is 13.1. The summed E-state index contributed by atoms with van der Waals surface area (Å²) in [7, 11) is -3.00. The van der Waals surface area contributed by atoms with Gasteiger partial charge in [0.2, 0.25) is 0 Å². The van der Waals surface area contributed by atoms with Crippen LogP contribution >= 0.6 is 18.7 Å². The highest BCUT2D eigenvalue weighted by Gasteiger charge is 2.12. The summed E-state index contributed by atoms with van der Waals surface area (Å²) in [4.78, 5) is 23.2. The SMILES string of the molecule is CP(=O)(O)CCCc1cccc(C(=O)Nc2cc(-c3cccs3)ccc2N)c1. The molecule has 1 amide bonds. The third-order valence-corrected chi connectivity index (χ3v) is 6.40. The number of thiophene rings is 1. The van der Waals surface area contributed by atoms with Gasteiger partial charge in [0, 0.05) is 23.3 Å². The number of hydrogen-bond donors (Lipinski definition) is 3. The van der Waals surface area contributed by atoms with Crippen LogP contribution in [0.15, 0.2) is 60.0 Å². The van der Waals surface area contributed by atoms with Gasteiger partial charge in [-0.1, -0.05) is 24.3 Å². The molecule has 0 saturated heterocycles. The van der Waals surface area contributed by atoms with Gasteiger partial charge in [-0.3, -0.25) is 9.36 Å². The average molecular weight is 414 g/mol. The number of rotatable bonds is 7. The fourth-order valence-electron chi connectivity index (χ4n) is 2.90. The van der Waals surface area contributed by atoms with Crippen LogP contribution in [0.2, 0.25) is 0 Å². The number of hydrogen-bond acceptors (Lipinski definition) is 4. The van der Waals surface area contributed by atoms with Crippen LogP contribution in [0.4, 0.5) is 11.4 Å². The first-order chi connectivity index (χ1) is 13.3. The molecule has 0 saturated carbocycles. The van der Waals surface area contributed by atoms with Crippen LogP contribution in [-0.2, 0) is 11.0 Å². The molecule has 0 spiro atoms. The Morgan fingerprint density at radius 2 is 2.00 bits per heavy atom. The van der Waals surface area contributed by atoms with Crippen LogP contribution < -0.4 is 11.1 Å². The molecule has 0 aliphatic rings. The number of benzene rings is 2. The molecular weight excluding hydrogens is 391 g/mol. The van der Waals surface area contributed by atoms with E-state index in [4.69, 9.17) is 5.73 Å². The number of nitrogens with two attached hydrogens (primary N) is 1. The first-order valence-corrected chi connectivity index (χ1v) is 12.1. The Balaban J connectivity index is 1.72. The van der Waals surface area contributed by atoms with Gasteiger partial charge in [-0.25, -0.2) is 0 Å². The predicted octanol–water partition coefficient (Wildman–Crippen LogP) is 5.08. The smallest absolute Gasteiger partial charge is 0.255 e. The molecule has 7 heteroatoms. The first kappa shape index (κ1) is 20.3. The molecule has 0 fully saturated rings. The van der Waals surface area contributed by atoms with Crippen molar-refractivity contribution in [2.45, 2.75) is 12.8 Å². The van der Waals surface area contributed by atoms with E-state index in [0.717, 1.165) is 16.0 Å². The van der Waals surface area contributed by atoms with Gasteiger partial charge in [0.25, 0.3) is 5.91 Å². The second-order valence-electron chi connectivity index (χ2n) is 6.81. The fourth-order valence-corrected chi connectivity index (χ4v) is 4.37. The molecule has 3 aromatic rings. The lowest BCUT2D eigenvalue weighted by Crippen LogP contribution is -2.13.